The van der Waals surface area contributed by atoms with Gasteiger partial charge in [0.2, 0.25) is 0 Å². The fourth-order valence-corrected chi connectivity index (χ4v) is 3.98. The van der Waals surface area contributed by atoms with Crippen LogP contribution in [0, 0.1) is 23.7 Å². The number of allylic oxidation sites excluding steroid dienone is 1. The lowest BCUT2D eigenvalue weighted by Crippen LogP contribution is -2.40. The molecule has 1 aromatic rings. The molecule has 2 fully saturated rings. The second-order valence-electron chi connectivity index (χ2n) is 7.69. The van der Waals surface area contributed by atoms with E-state index in [1.165, 1.54) is 44.2 Å². The number of ether oxygens (including phenoxy) is 2. The molecule has 1 aliphatic heterocycles. The Morgan fingerprint density at radius 1 is 1.04 bits per heavy atom. The summed E-state index contributed by atoms with van der Waals surface area (Å²) in [5, 5.41) is 0. The topological polar surface area (TPSA) is 18.5 Å². The molecule has 1 heterocycles. The highest BCUT2D eigenvalue weighted by Gasteiger charge is 2.32. The quantitative estimate of drug-likeness (QED) is 0.490. The predicted octanol–water partition coefficient (Wildman–Crippen LogP) is 5.61. The van der Waals surface area contributed by atoms with E-state index in [0.717, 1.165) is 24.5 Å². The van der Waals surface area contributed by atoms with Crippen molar-refractivity contribution in [2.24, 2.45) is 11.8 Å². The van der Waals surface area contributed by atoms with E-state index in [1.807, 2.05) is 6.08 Å². The van der Waals surface area contributed by atoms with Gasteiger partial charge in [0, 0.05) is 5.56 Å². The summed E-state index contributed by atoms with van der Waals surface area (Å²) in [5.41, 5.74) is -0.131. The highest BCUT2D eigenvalue weighted by Crippen LogP contribution is 2.35. The second kappa shape index (κ2) is 9.62. The van der Waals surface area contributed by atoms with Crippen molar-refractivity contribution >= 4 is 0 Å². The van der Waals surface area contributed by atoms with Gasteiger partial charge in [-0.2, -0.15) is 13.2 Å². The first-order chi connectivity index (χ1) is 13.5. The van der Waals surface area contributed by atoms with Crippen molar-refractivity contribution in [3.05, 3.63) is 48.0 Å². The lowest BCUT2D eigenvalue weighted by molar-refractivity contribution is -0.138. The van der Waals surface area contributed by atoms with E-state index in [4.69, 9.17) is 9.47 Å². The van der Waals surface area contributed by atoms with Gasteiger partial charge in [0.25, 0.3) is 0 Å². The number of benzene rings is 1. The highest BCUT2D eigenvalue weighted by atomic mass is 19.4. The van der Waals surface area contributed by atoms with Gasteiger partial charge in [-0.05, 0) is 61.8 Å². The highest BCUT2D eigenvalue weighted by molar-refractivity contribution is 5.37. The fourth-order valence-electron chi connectivity index (χ4n) is 3.98. The van der Waals surface area contributed by atoms with Gasteiger partial charge in [0.1, 0.15) is 6.10 Å². The van der Waals surface area contributed by atoms with E-state index in [9.17, 15) is 13.2 Å². The molecule has 1 aliphatic carbocycles. The molecule has 3 rings (SSSR count). The van der Waals surface area contributed by atoms with E-state index >= 15 is 0 Å². The van der Waals surface area contributed by atoms with Gasteiger partial charge < -0.3 is 9.47 Å². The van der Waals surface area contributed by atoms with Crippen molar-refractivity contribution in [3.8, 4) is 11.8 Å². The number of alkyl halides is 3. The van der Waals surface area contributed by atoms with Gasteiger partial charge in [0.15, 0.2) is 0 Å². The van der Waals surface area contributed by atoms with Crippen LogP contribution < -0.4 is 0 Å². The molecule has 0 amide bonds. The Morgan fingerprint density at radius 2 is 1.75 bits per heavy atom. The lowest BCUT2D eigenvalue weighted by Gasteiger charge is -2.36. The molecule has 1 saturated heterocycles. The third-order valence-corrected chi connectivity index (χ3v) is 5.71. The minimum Gasteiger partial charge on any atom is -0.372 e. The maximum atomic E-state index is 12.6. The van der Waals surface area contributed by atoms with E-state index < -0.39 is 11.7 Å². The monoisotopic (exact) mass is 392 g/mol. The molecule has 152 valence electrons. The van der Waals surface area contributed by atoms with Gasteiger partial charge in [-0.25, -0.2) is 0 Å². The maximum absolute atomic E-state index is 12.6. The Labute approximate surface area is 165 Å². The standard InChI is InChI=1S/C23H27F3O2/c1-2-3-4-17-5-10-19(11-6-17)22-16-27-21(15-28-22)14-9-18-7-12-20(13-8-18)23(24,25)26/h2,7-8,12-13,17,19,21-22H,1,3-6,10-11,15-16H2/t17-,19-,21-,22?/m0/s1. The second-order valence-corrected chi connectivity index (χ2v) is 7.69. The Kier molecular flexibility index (Phi) is 7.20. The van der Waals surface area contributed by atoms with E-state index in [1.54, 1.807) is 0 Å². The summed E-state index contributed by atoms with van der Waals surface area (Å²) < 4.78 is 49.6. The molecule has 0 N–H and O–H groups in total. The van der Waals surface area contributed by atoms with Crippen LogP contribution >= 0.6 is 0 Å². The third-order valence-electron chi connectivity index (χ3n) is 5.71. The molecule has 0 radical (unpaired) electrons. The molecule has 2 nitrogen and oxygen atoms in total. The molecule has 1 saturated carbocycles. The van der Waals surface area contributed by atoms with Crippen LogP contribution in [-0.2, 0) is 15.7 Å². The van der Waals surface area contributed by atoms with Crippen LogP contribution in [0.1, 0.15) is 49.7 Å². The average Bonchev–Trinajstić information content (AvgIpc) is 2.71. The van der Waals surface area contributed by atoms with Gasteiger partial charge >= 0.3 is 6.18 Å². The molecule has 0 aromatic heterocycles. The molecule has 28 heavy (non-hydrogen) atoms. The Hall–Kier alpha value is -1.77. The fraction of sp³-hybridized carbons (Fsp3) is 0.565. The number of halogens is 3. The smallest absolute Gasteiger partial charge is 0.372 e. The number of hydrogen-bond acceptors (Lipinski definition) is 2. The molecular weight excluding hydrogens is 365 g/mol. The van der Waals surface area contributed by atoms with Gasteiger partial charge in [0.05, 0.1) is 24.9 Å². The summed E-state index contributed by atoms with van der Waals surface area (Å²) in [5.74, 6) is 7.20. The molecule has 0 bridgehead atoms. The molecule has 2 aliphatic rings. The first-order valence-corrected chi connectivity index (χ1v) is 9.98. The van der Waals surface area contributed by atoms with Crippen LogP contribution in [0.2, 0.25) is 0 Å². The van der Waals surface area contributed by atoms with Crippen molar-refractivity contribution in [1.29, 1.82) is 0 Å². The first-order valence-electron chi connectivity index (χ1n) is 9.98. The first kappa shape index (κ1) is 21.0. The SMILES string of the molecule is C=CCC[C@H]1CC[C@H](C2CO[C@@H](C#Cc3ccc(C(F)(F)F)cc3)CO2)CC1. The van der Waals surface area contributed by atoms with Crippen LogP contribution in [0.3, 0.4) is 0 Å². The largest absolute Gasteiger partial charge is 0.416 e. The van der Waals surface area contributed by atoms with E-state index in [-0.39, 0.29) is 12.2 Å². The summed E-state index contributed by atoms with van der Waals surface area (Å²) >= 11 is 0. The zero-order valence-corrected chi connectivity index (χ0v) is 16.0. The minimum absolute atomic E-state index is 0.129. The molecule has 1 unspecified atom stereocenters. The van der Waals surface area contributed by atoms with E-state index in [2.05, 4.69) is 18.4 Å². The lowest BCUT2D eigenvalue weighted by atomic mass is 9.77. The van der Waals surface area contributed by atoms with Crippen LogP contribution in [0.5, 0.6) is 0 Å². The van der Waals surface area contributed by atoms with Crippen molar-refractivity contribution in [2.75, 3.05) is 13.2 Å². The number of rotatable bonds is 4. The average molecular weight is 392 g/mol. The summed E-state index contributed by atoms with van der Waals surface area (Å²) in [4.78, 5) is 0. The Balaban J connectivity index is 1.44. The van der Waals surface area contributed by atoms with Crippen LogP contribution in [0.15, 0.2) is 36.9 Å². The zero-order chi connectivity index (χ0) is 20.0. The summed E-state index contributed by atoms with van der Waals surface area (Å²) in [6.45, 7) is 4.74. The van der Waals surface area contributed by atoms with E-state index in [0.29, 0.717) is 24.7 Å². The molecule has 5 heteroatoms. The summed E-state index contributed by atoms with van der Waals surface area (Å²) in [7, 11) is 0. The predicted molar refractivity (Wildman–Crippen MR) is 103 cm³/mol. The summed E-state index contributed by atoms with van der Waals surface area (Å²) in [6.07, 6.45) is 4.65. The molecule has 0 spiro atoms. The molecule has 2 atom stereocenters. The van der Waals surface area contributed by atoms with Crippen LogP contribution in [0.25, 0.3) is 0 Å². The van der Waals surface area contributed by atoms with Gasteiger partial charge in [-0.15, -0.1) is 6.58 Å². The molecule has 1 aromatic carbocycles. The normalized spacial score (nSPS) is 28.2. The number of hydrogen-bond donors (Lipinski definition) is 0. The molecular formula is C23H27F3O2. The third kappa shape index (κ3) is 5.86. The van der Waals surface area contributed by atoms with Gasteiger partial charge in [-0.3, -0.25) is 0 Å². The minimum atomic E-state index is -4.33. The van der Waals surface area contributed by atoms with Crippen molar-refractivity contribution in [3.63, 3.8) is 0 Å². The van der Waals surface area contributed by atoms with Crippen molar-refractivity contribution < 1.29 is 22.6 Å². The Bertz CT molecular complexity index is 683. The zero-order valence-electron chi connectivity index (χ0n) is 16.0. The maximum Gasteiger partial charge on any atom is 0.416 e. The van der Waals surface area contributed by atoms with Crippen molar-refractivity contribution in [2.45, 2.75) is 56.9 Å². The Morgan fingerprint density at radius 3 is 2.32 bits per heavy atom. The van der Waals surface area contributed by atoms with Crippen molar-refractivity contribution in [1.82, 2.24) is 0 Å². The summed E-state index contributed by atoms with van der Waals surface area (Å²) in [6, 6.07) is 4.85. The van der Waals surface area contributed by atoms with Crippen LogP contribution in [-0.4, -0.2) is 25.4 Å². The van der Waals surface area contributed by atoms with Gasteiger partial charge in [-0.1, -0.05) is 30.8 Å². The van der Waals surface area contributed by atoms with Crippen LogP contribution in [0.4, 0.5) is 13.2 Å².